The number of nitrogens with zero attached hydrogens (tertiary/aromatic N) is 5. The number of anilines is 1. The summed E-state index contributed by atoms with van der Waals surface area (Å²) in [6.45, 7) is 1.53. The van der Waals surface area contributed by atoms with Crippen molar-refractivity contribution in [2.45, 2.75) is 25.8 Å². The lowest BCUT2D eigenvalue weighted by Gasteiger charge is -2.14. The highest BCUT2D eigenvalue weighted by molar-refractivity contribution is 5.54. The number of fused-ring (bicyclic) bond motifs is 1. The molecule has 1 aromatic carbocycles. The number of rotatable bonds is 4. The Kier molecular flexibility index (Phi) is 4.02. The van der Waals surface area contributed by atoms with Crippen molar-refractivity contribution in [3.05, 3.63) is 69.4 Å². The fourth-order valence-electron chi connectivity index (χ4n) is 3.29. The van der Waals surface area contributed by atoms with Crippen molar-refractivity contribution in [3.8, 4) is 5.82 Å². The molecule has 2 aromatic heterocycles. The number of nitrogens with one attached hydrogen (secondary N) is 1. The Balaban J connectivity index is 1.65. The van der Waals surface area contributed by atoms with Crippen molar-refractivity contribution in [1.29, 1.82) is 0 Å². The molecular weight excluding hydrogens is 358 g/mol. The van der Waals surface area contributed by atoms with Gasteiger partial charge in [-0.2, -0.15) is 4.98 Å². The topological polar surface area (TPSA) is 98.8 Å². The van der Waals surface area contributed by atoms with Gasteiger partial charge in [0.05, 0.1) is 4.92 Å². The quantitative estimate of drug-likeness (QED) is 0.558. The molecule has 0 spiro atoms. The molecule has 0 atom stereocenters. The molecule has 0 saturated heterocycles. The Hall–Kier alpha value is -3.43. The van der Waals surface area contributed by atoms with Gasteiger partial charge in [-0.15, -0.1) is 0 Å². The van der Waals surface area contributed by atoms with E-state index in [4.69, 9.17) is 0 Å². The summed E-state index contributed by atoms with van der Waals surface area (Å²) in [6, 6.07) is 2.23. The molecule has 3 aromatic rings. The van der Waals surface area contributed by atoms with E-state index in [1.807, 2.05) is 0 Å². The van der Waals surface area contributed by atoms with Crippen LogP contribution in [0.1, 0.15) is 16.8 Å². The third-order valence-electron chi connectivity index (χ3n) is 4.48. The fourth-order valence-corrected chi connectivity index (χ4v) is 3.29. The highest BCUT2D eigenvalue weighted by Gasteiger charge is 2.27. The summed E-state index contributed by atoms with van der Waals surface area (Å²) in [6.07, 6.45) is 5.41. The van der Waals surface area contributed by atoms with E-state index in [0.29, 0.717) is 12.8 Å². The van der Waals surface area contributed by atoms with E-state index in [-0.39, 0.29) is 29.2 Å². The molecule has 0 fully saturated rings. The Morgan fingerprint density at radius 2 is 1.89 bits per heavy atom. The zero-order valence-corrected chi connectivity index (χ0v) is 14.2. The van der Waals surface area contributed by atoms with Gasteiger partial charge >= 0.3 is 5.69 Å². The smallest absolute Gasteiger partial charge is 0.333 e. The van der Waals surface area contributed by atoms with Crippen LogP contribution in [0.4, 0.5) is 20.4 Å². The Morgan fingerprint density at radius 3 is 2.44 bits per heavy atom. The maximum absolute atomic E-state index is 13.4. The summed E-state index contributed by atoms with van der Waals surface area (Å²) in [7, 11) is 0. The zero-order valence-electron chi connectivity index (χ0n) is 14.2. The molecule has 0 saturated carbocycles. The van der Waals surface area contributed by atoms with Gasteiger partial charge in [-0.25, -0.2) is 18.7 Å². The normalized spacial score (nSPS) is 13.6. The average molecular weight is 372 g/mol. The summed E-state index contributed by atoms with van der Waals surface area (Å²) in [5.41, 5.74) is 1.44. The number of imidazole rings is 1. The fraction of sp³-hybridized carbons (Fsp3) is 0.235. The van der Waals surface area contributed by atoms with Crippen molar-refractivity contribution >= 4 is 11.6 Å². The molecule has 4 rings (SSSR count). The Bertz CT molecular complexity index is 1010. The lowest BCUT2D eigenvalue weighted by molar-refractivity contribution is -0.385. The first-order valence-corrected chi connectivity index (χ1v) is 8.17. The van der Waals surface area contributed by atoms with Gasteiger partial charge in [0.2, 0.25) is 11.8 Å². The number of hydrogen-bond donors (Lipinski definition) is 1. The molecule has 0 radical (unpaired) electrons. The number of aryl methyl sites for hydroxylation is 1. The number of halogens is 2. The van der Waals surface area contributed by atoms with Crippen molar-refractivity contribution in [2.75, 3.05) is 5.32 Å². The van der Waals surface area contributed by atoms with Crippen LogP contribution in [0.15, 0.2) is 30.9 Å². The van der Waals surface area contributed by atoms with Crippen LogP contribution >= 0.6 is 0 Å². The number of benzene rings is 1. The van der Waals surface area contributed by atoms with E-state index in [9.17, 15) is 18.9 Å². The van der Waals surface area contributed by atoms with Gasteiger partial charge in [0.15, 0.2) is 11.6 Å². The first kappa shape index (κ1) is 17.0. The Labute approximate surface area is 152 Å². The molecule has 0 amide bonds. The highest BCUT2D eigenvalue weighted by atomic mass is 19.2. The van der Waals surface area contributed by atoms with Gasteiger partial charge in [-0.1, -0.05) is 0 Å². The predicted octanol–water partition coefficient (Wildman–Crippen LogP) is 2.74. The number of hydrogen-bond acceptors (Lipinski definition) is 6. The van der Waals surface area contributed by atoms with Crippen LogP contribution in [0.25, 0.3) is 5.82 Å². The maximum Gasteiger partial charge on any atom is 0.333 e. The third kappa shape index (κ3) is 3.09. The second kappa shape index (κ2) is 6.38. The van der Waals surface area contributed by atoms with E-state index in [2.05, 4.69) is 20.3 Å². The molecule has 0 aliphatic heterocycles. The Morgan fingerprint density at radius 1 is 1.22 bits per heavy atom. The van der Waals surface area contributed by atoms with Gasteiger partial charge in [0.25, 0.3) is 0 Å². The molecule has 1 aliphatic rings. The minimum atomic E-state index is -0.876. The molecule has 138 valence electrons. The average Bonchev–Trinajstić information content (AvgIpc) is 3.24. The van der Waals surface area contributed by atoms with Gasteiger partial charge < -0.3 is 5.32 Å². The minimum Gasteiger partial charge on any atom is -0.351 e. The molecule has 8 nitrogen and oxygen atoms in total. The van der Waals surface area contributed by atoms with Crippen LogP contribution in [0.5, 0.6) is 0 Å². The first-order chi connectivity index (χ1) is 12.9. The lowest BCUT2D eigenvalue weighted by atomic mass is 10.1. The largest absolute Gasteiger partial charge is 0.351 e. The van der Waals surface area contributed by atoms with Crippen LogP contribution in [-0.4, -0.2) is 30.5 Å². The van der Waals surface area contributed by atoms with Crippen molar-refractivity contribution < 1.29 is 13.7 Å². The minimum absolute atomic E-state index is 0.0973. The monoisotopic (exact) mass is 372 g/mol. The van der Waals surface area contributed by atoms with Crippen LogP contribution in [0.2, 0.25) is 0 Å². The molecule has 1 aliphatic carbocycles. The summed E-state index contributed by atoms with van der Waals surface area (Å²) >= 11 is 0. The van der Waals surface area contributed by atoms with Gasteiger partial charge in [0, 0.05) is 18.4 Å². The van der Waals surface area contributed by atoms with Gasteiger partial charge in [0.1, 0.15) is 12.0 Å². The predicted molar refractivity (Wildman–Crippen MR) is 91.7 cm³/mol. The summed E-state index contributed by atoms with van der Waals surface area (Å²) in [4.78, 5) is 23.2. The molecule has 0 bridgehead atoms. The summed E-state index contributed by atoms with van der Waals surface area (Å²) < 4.78 is 28.3. The second-order valence-electron chi connectivity index (χ2n) is 6.32. The molecule has 27 heavy (non-hydrogen) atoms. The summed E-state index contributed by atoms with van der Waals surface area (Å²) in [5.74, 6) is -1.45. The number of aromatic nitrogens is 4. The molecule has 2 heterocycles. The maximum atomic E-state index is 13.4. The zero-order chi connectivity index (χ0) is 19.1. The van der Waals surface area contributed by atoms with E-state index < -0.39 is 16.6 Å². The van der Waals surface area contributed by atoms with E-state index in [1.165, 1.54) is 36.1 Å². The van der Waals surface area contributed by atoms with Crippen LogP contribution < -0.4 is 5.32 Å². The third-order valence-corrected chi connectivity index (χ3v) is 4.48. The van der Waals surface area contributed by atoms with Crippen LogP contribution in [0, 0.1) is 28.7 Å². The number of nitro groups is 1. The molecule has 1 N–H and O–H groups in total. The van der Waals surface area contributed by atoms with Gasteiger partial charge in [-0.05, 0) is 43.0 Å². The van der Waals surface area contributed by atoms with Crippen molar-refractivity contribution in [3.63, 3.8) is 0 Å². The lowest BCUT2D eigenvalue weighted by Crippen LogP contribution is -2.22. The highest BCUT2D eigenvalue weighted by Crippen LogP contribution is 2.29. The molecule has 10 heteroatoms. The van der Waals surface area contributed by atoms with Crippen molar-refractivity contribution in [2.24, 2.45) is 0 Å². The van der Waals surface area contributed by atoms with E-state index in [0.717, 1.165) is 11.1 Å². The van der Waals surface area contributed by atoms with Crippen molar-refractivity contribution in [1.82, 2.24) is 19.5 Å². The van der Waals surface area contributed by atoms with E-state index >= 15 is 0 Å². The van der Waals surface area contributed by atoms with Gasteiger partial charge in [-0.3, -0.25) is 14.7 Å². The molecular formula is C17H14F2N6O2. The van der Waals surface area contributed by atoms with E-state index in [1.54, 1.807) is 6.20 Å². The first-order valence-electron chi connectivity index (χ1n) is 8.17. The second-order valence-corrected chi connectivity index (χ2v) is 6.32. The standard InChI is InChI=1S/C17H14F2N6O2/c1-9-15(25(26)27)16(24-3-2-20-8-24)23-17(21-9)22-12-4-10-6-13(18)14(19)7-11(10)5-12/h2-3,6-8,12H,4-5H2,1H3,(H,21,22,23). The molecule has 0 unspecified atom stereocenters. The SMILES string of the molecule is Cc1nc(NC2Cc3cc(F)c(F)cc3C2)nc(-n2ccnc2)c1[N+](=O)[O-]. The van der Waals surface area contributed by atoms with Crippen LogP contribution in [-0.2, 0) is 12.8 Å². The summed E-state index contributed by atoms with van der Waals surface area (Å²) in [5, 5.41) is 14.5. The van der Waals surface area contributed by atoms with Crippen LogP contribution in [0.3, 0.4) is 0 Å².